The molecule has 37 heavy (non-hydrogen) atoms. The second-order valence-corrected chi connectivity index (χ2v) is 11.5. The molecule has 3 aromatic rings. The number of aromatic nitrogens is 4. The number of anilines is 1. The average Bonchev–Trinajstić information content (AvgIpc) is 3.27. The number of hydrogen-bond donors (Lipinski definition) is 2. The number of phenols is 1. The zero-order valence-corrected chi connectivity index (χ0v) is 21.8. The molecule has 1 aromatic carbocycles. The summed E-state index contributed by atoms with van der Waals surface area (Å²) in [5.41, 5.74) is 8.71. The highest BCUT2D eigenvalue weighted by atomic mass is 16.3. The fourth-order valence-electron chi connectivity index (χ4n) is 7.08. The van der Waals surface area contributed by atoms with E-state index >= 15 is 0 Å². The Labute approximate surface area is 217 Å². The van der Waals surface area contributed by atoms with Crippen molar-refractivity contribution in [2.45, 2.75) is 76.7 Å². The summed E-state index contributed by atoms with van der Waals surface area (Å²) in [6.07, 6.45) is 9.26. The van der Waals surface area contributed by atoms with Crippen LogP contribution < -0.4 is 5.32 Å². The number of phenolic OH excluding ortho intramolecular Hbond substituents is 1. The molecule has 1 saturated carbocycles. The van der Waals surface area contributed by atoms with Gasteiger partial charge in [-0.3, -0.25) is 9.48 Å². The van der Waals surface area contributed by atoms with Crippen LogP contribution in [0.2, 0.25) is 0 Å². The van der Waals surface area contributed by atoms with E-state index in [1.807, 2.05) is 35.5 Å². The number of benzene rings is 1. The van der Waals surface area contributed by atoms with Crippen molar-refractivity contribution in [1.29, 1.82) is 0 Å². The van der Waals surface area contributed by atoms with Crippen LogP contribution in [0.1, 0.15) is 84.4 Å². The fourth-order valence-corrected chi connectivity index (χ4v) is 7.08. The predicted octanol–water partition coefficient (Wildman–Crippen LogP) is 4.32. The molecule has 0 spiro atoms. The molecule has 2 aliphatic carbocycles. The Morgan fingerprint density at radius 3 is 2.73 bits per heavy atom. The molecule has 4 heterocycles. The number of amides is 1. The van der Waals surface area contributed by atoms with Crippen LogP contribution in [0.5, 0.6) is 5.75 Å². The highest BCUT2D eigenvalue weighted by Gasteiger charge is 2.40. The van der Waals surface area contributed by atoms with E-state index in [1.165, 1.54) is 36.1 Å². The van der Waals surface area contributed by atoms with Gasteiger partial charge in [0.05, 0.1) is 40.4 Å². The van der Waals surface area contributed by atoms with Crippen LogP contribution in [0, 0.1) is 12.8 Å². The van der Waals surface area contributed by atoms with Crippen LogP contribution >= 0.6 is 0 Å². The summed E-state index contributed by atoms with van der Waals surface area (Å²) < 4.78 is 3.90. The van der Waals surface area contributed by atoms with Crippen LogP contribution in [0.25, 0.3) is 5.69 Å². The van der Waals surface area contributed by atoms with E-state index < -0.39 is 0 Å². The van der Waals surface area contributed by atoms with Gasteiger partial charge in [0.15, 0.2) is 0 Å². The van der Waals surface area contributed by atoms with Crippen molar-refractivity contribution in [3.8, 4) is 11.4 Å². The third kappa shape index (κ3) is 3.59. The van der Waals surface area contributed by atoms with Gasteiger partial charge in [0.1, 0.15) is 11.4 Å². The molecule has 2 atom stereocenters. The molecule has 4 aliphatic rings. The SMILES string of the molecule is Cc1nn(C)c2c1NCC(C(=O)N1CCc3c4c(nn3-c3ccc(C5CCC5)cc3O)CCCCC41)C2. The van der Waals surface area contributed by atoms with Crippen molar-refractivity contribution in [3.05, 3.63) is 52.1 Å². The van der Waals surface area contributed by atoms with Gasteiger partial charge in [0, 0.05) is 38.5 Å². The molecule has 8 heteroatoms. The standard InChI is InChI=1S/C29H36N6O2/c1-17-28-25(33(2)31-17)14-20(16-30-28)29(37)34-13-12-24-27-21(8-3-4-9-23(27)34)32-35(24)22-11-10-19(15-26(22)36)18-6-5-7-18/h10-11,15,18,20,23,30,36H,3-9,12-14,16H2,1-2H3. The molecule has 1 fully saturated rings. The Morgan fingerprint density at radius 2 is 1.95 bits per heavy atom. The molecule has 8 nitrogen and oxygen atoms in total. The molecule has 2 unspecified atom stereocenters. The summed E-state index contributed by atoms with van der Waals surface area (Å²) in [6, 6.07) is 6.21. The van der Waals surface area contributed by atoms with Crippen molar-refractivity contribution in [3.63, 3.8) is 0 Å². The van der Waals surface area contributed by atoms with Crippen LogP contribution in [0.15, 0.2) is 18.2 Å². The van der Waals surface area contributed by atoms with Crippen molar-refractivity contribution < 1.29 is 9.90 Å². The summed E-state index contributed by atoms with van der Waals surface area (Å²) in [4.78, 5) is 16.1. The predicted molar refractivity (Wildman–Crippen MR) is 141 cm³/mol. The van der Waals surface area contributed by atoms with Gasteiger partial charge in [-0.05, 0) is 62.6 Å². The molecule has 2 aromatic heterocycles. The van der Waals surface area contributed by atoms with Crippen molar-refractivity contribution in [2.24, 2.45) is 13.0 Å². The number of hydrogen-bond acceptors (Lipinski definition) is 5. The quantitative estimate of drug-likeness (QED) is 0.559. The summed E-state index contributed by atoms with van der Waals surface area (Å²) in [7, 11) is 1.97. The summed E-state index contributed by atoms with van der Waals surface area (Å²) >= 11 is 0. The van der Waals surface area contributed by atoms with Gasteiger partial charge in [-0.2, -0.15) is 10.2 Å². The van der Waals surface area contributed by atoms with Crippen LogP contribution in [-0.4, -0.2) is 48.6 Å². The number of nitrogens with one attached hydrogen (secondary N) is 1. The lowest BCUT2D eigenvalue weighted by molar-refractivity contribution is -0.138. The molecule has 7 rings (SSSR count). The highest BCUT2D eigenvalue weighted by Crippen LogP contribution is 2.43. The Morgan fingerprint density at radius 1 is 1.08 bits per heavy atom. The van der Waals surface area contributed by atoms with E-state index in [-0.39, 0.29) is 17.9 Å². The molecule has 0 radical (unpaired) electrons. The van der Waals surface area contributed by atoms with Crippen LogP contribution in [0.3, 0.4) is 0 Å². The minimum atomic E-state index is -0.0892. The molecule has 0 bridgehead atoms. The molecule has 0 saturated heterocycles. The molecule has 194 valence electrons. The zero-order chi connectivity index (χ0) is 25.3. The number of carbonyl (C=O) groups excluding carboxylic acids is 1. The number of carbonyl (C=O) groups is 1. The van der Waals surface area contributed by atoms with E-state index in [0.29, 0.717) is 24.8 Å². The maximum Gasteiger partial charge on any atom is 0.228 e. The zero-order valence-electron chi connectivity index (χ0n) is 21.8. The van der Waals surface area contributed by atoms with E-state index in [4.69, 9.17) is 5.10 Å². The van der Waals surface area contributed by atoms with Gasteiger partial charge in [0.2, 0.25) is 5.91 Å². The number of aryl methyl sites for hydroxylation is 3. The Kier molecular flexibility index (Phi) is 5.34. The van der Waals surface area contributed by atoms with Gasteiger partial charge < -0.3 is 15.3 Å². The number of rotatable bonds is 3. The van der Waals surface area contributed by atoms with Crippen molar-refractivity contribution in [2.75, 3.05) is 18.4 Å². The van der Waals surface area contributed by atoms with Gasteiger partial charge in [0.25, 0.3) is 0 Å². The maximum absolute atomic E-state index is 14.0. The van der Waals surface area contributed by atoms with Crippen LogP contribution in [-0.2, 0) is 31.1 Å². The minimum Gasteiger partial charge on any atom is -0.506 e. The fraction of sp³-hybridized carbons (Fsp3) is 0.552. The molecule has 2 N–H and O–H groups in total. The average molecular weight is 501 g/mol. The maximum atomic E-state index is 14.0. The number of aromatic hydroxyl groups is 1. The smallest absolute Gasteiger partial charge is 0.228 e. The lowest BCUT2D eigenvalue weighted by Crippen LogP contribution is -2.46. The van der Waals surface area contributed by atoms with Gasteiger partial charge >= 0.3 is 0 Å². The van der Waals surface area contributed by atoms with Gasteiger partial charge in [-0.1, -0.05) is 18.9 Å². The van der Waals surface area contributed by atoms with Gasteiger partial charge in [-0.25, -0.2) is 4.68 Å². The van der Waals surface area contributed by atoms with Crippen LogP contribution in [0.4, 0.5) is 5.69 Å². The topological polar surface area (TPSA) is 88.2 Å². The van der Waals surface area contributed by atoms with E-state index in [9.17, 15) is 9.90 Å². The monoisotopic (exact) mass is 500 g/mol. The number of fused-ring (bicyclic) bond motifs is 1. The van der Waals surface area contributed by atoms with Gasteiger partial charge in [-0.15, -0.1) is 0 Å². The third-order valence-corrected chi connectivity index (χ3v) is 9.28. The second kappa shape index (κ2) is 8.64. The Balaban J connectivity index is 1.20. The summed E-state index contributed by atoms with van der Waals surface area (Å²) in [5, 5.41) is 24.1. The second-order valence-electron chi connectivity index (χ2n) is 11.5. The third-order valence-electron chi connectivity index (χ3n) is 9.28. The molecular weight excluding hydrogens is 464 g/mol. The highest BCUT2D eigenvalue weighted by molar-refractivity contribution is 5.82. The largest absolute Gasteiger partial charge is 0.506 e. The Bertz CT molecular complexity index is 1380. The van der Waals surface area contributed by atoms with Crippen molar-refractivity contribution >= 4 is 11.6 Å². The molecular formula is C29H36N6O2. The Hall–Kier alpha value is -3.29. The molecule has 1 amide bonds. The van der Waals surface area contributed by atoms with E-state index in [2.05, 4.69) is 21.4 Å². The summed E-state index contributed by atoms with van der Waals surface area (Å²) in [5.74, 6) is 1.04. The first-order chi connectivity index (χ1) is 18.0. The first kappa shape index (κ1) is 22.9. The first-order valence-corrected chi connectivity index (χ1v) is 14.0. The minimum absolute atomic E-state index is 0.0635. The molecule has 2 aliphatic heterocycles. The van der Waals surface area contributed by atoms with E-state index in [0.717, 1.165) is 67.0 Å². The number of nitrogens with zero attached hydrogens (tertiary/aromatic N) is 5. The van der Waals surface area contributed by atoms with Crippen molar-refractivity contribution in [1.82, 2.24) is 24.5 Å². The lowest BCUT2D eigenvalue weighted by Gasteiger charge is -2.39. The summed E-state index contributed by atoms with van der Waals surface area (Å²) in [6.45, 7) is 3.36. The first-order valence-electron chi connectivity index (χ1n) is 14.0. The normalized spacial score (nSPS) is 23.0. The van der Waals surface area contributed by atoms with E-state index in [1.54, 1.807) is 0 Å². The lowest BCUT2D eigenvalue weighted by atomic mass is 9.80.